The average molecular weight is 238 g/mol. The number of phenols is 1. The number of carbonyl (C=O) groups excluding carboxylic acids is 1. The predicted molar refractivity (Wildman–Crippen MR) is 65.9 cm³/mol. The Labute approximate surface area is 101 Å². The number of phenolic OH excluding ortho intramolecular Hbond substituents is 1. The second-order valence-electron chi connectivity index (χ2n) is 4.54. The number of ether oxygens (including phenoxy) is 1. The minimum atomic E-state index is -0.469. The SMILES string of the molecule is COCC(C)(C)NC(=O)c1ccc(N)c(O)c1. The molecule has 0 spiro atoms. The third kappa shape index (κ3) is 3.64. The van der Waals surface area contributed by atoms with Gasteiger partial charge in [0.25, 0.3) is 5.91 Å². The molecule has 5 heteroatoms. The second kappa shape index (κ2) is 5.05. The first-order valence-electron chi connectivity index (χ1n) is 5.25. The van der Waals surface area contributed by atoms with Crippen LogP contribution in [-0.4, -0.2) is 30.3 Å². The van der Waals surface area contributed by atoms with Gasteiger partial charge in [-0.25, -0.2) is 0 Å². The number of rotatable bonds is 4. The number of nitrogen functional groups attached to an aromatic ring is 1. The van der Waals surface area contributed by atoms with Crippen LogP contribution < -0.4 is 11.1 Å². The highest BCUT2D eigenvalue weighted by Crippen LogP contribution is 2.20. The van der Waals surface area contributed by atoms with Gasteiger partial charge in [0, 0.05) is 12.7 Å². The summed E-state index contributed by atoms with van der Waals surface area (Å²) in [4.78, 5) is 11.9. The maximum Gasteiger partial charge on any atom is 0.251 e. The summed E-state index contributed by atoms with van der Waals surface area (Å²) in [5.74, 6) is -0.371. The Morgan fingerprint density at radius 1 is 1.53 bits per heavy atom. The molecule has 0 radical (unpaired) electrons. The van der Waals surface area contributed by atoms with Crippen molar-refractivity contribution in [2.24, 2.45) is 0 Å². The van der Waals surface area contributed by atoms with Gasteiger partial charge >= 0.3 is 0 Å². The molecule has 0 fully saturated rings. The topological polar surface area (TPSA) is 84.6 Å². The second-order valence-corrected chi connectivity index (χ2v) is 4.54. The molecular formula is C12H18N2O3. The highest BCUT2D eigenvalue weighted by atomic mass is 16.5. The van der Waals surface area contributed by atoms with E-state index in [0.29, 0.717) is 12.2 Å². The first kappa shape index (κ1) is 13.3. The molecule has 0 aliphatic carbocycles. The lowest BCUT2D eigenvalue weighted by atomic mass is 10.1. The lowest BCUT2D eigenvalue weighted by Crippen LogP contribution is -2.46. The standard InChI is InChI=1S/C12H18N2O3/c1-12(2,7-17-3)14-11(16)8-4-5-9(13)10(15)6-8/h4-6,15H,7,13H2,1-3H3,(H,14,16). The van der Waals surface area contributed by atoms with Crippen LogP contribution in [0.1, 0.15) is 24.2 Å². The number of amides is 1. The highest BCUT2D eigenvalue weighted by molar-refractivity contribution is 5.95. The monoisotopic (exact) mass is 238 g/mol. The molecule has 1 aromatic rings. The highest BCUT2D eigenvalue weighted by Gasteiger charge is 2.21. The van der Waals surface area contributed by atoms with Gasteiger partial charge in [0.1, 0.15) is 5.75 Å². The van der Waals surface area contributed by atoms with Gasteiger partial charge in [0.2, 0.25) is 0 Å². The normalized spacial score (nSPS) is 11.2. The van der Waals surface area contributed by atoms with Crippen LogP contribution >= 0.6 is 0 Å². The molecule has 0 unspecified atom stereocenters. The number of aromatic hydroxyl groups is 1. The van der Waals surface area contributed by atoms with Crippen molar-refractivity contribution in [1.82, 2.24) is 5.32 Å². The molecule has 4 N–H and O–H groups in total. The van der Waals surface area contributed by atoms with Crippen LogP contribution in [0.15, 0.2) is 18.2 Å². The number of nitrogens with two attached hydrogens (primary N) is 1. The third-order valence-corrected chi connectivity index (χ3v) is 2.25. The van der Waals surface area contributed by atoms with Crippen LogP contribution in [-0.2, 0) is 4.74 Å². The quantitative estimate of drug-likeness (QED) is 0.542. The first-order chi connectivity index (χ1) is 7.85. The molecule has 0 aliphatic rings. The van der Waals surface area contributed by atoms with Crippen LogP contribution in [0.25, 0.3) is 0 Å². The van der Waals surface area contributed by atoms with E-state index >= 15 is 0 Å². The van der Waals surface area contributed by atoms with Crippen molar-refractivity contribution < 1.29 is 14.6 Å². The molecule has 0 aliphatic heterocycles. The Morgan fingerprint density at radius 3 is 2.71 bits per heavy atom. The van der Waals surface area contributed by atoms with Crippen molar-refractivity contribution in [3.63, 3.8) is 0 Å². The van der Waals surface area contributed by atoms with E-state index in [1.807, 2.05) is 13.8 Å². The zero-order valence-electron chi connectivity index (χ0n) is 10.3. The van der Waals surface area contributed by atoms with Gasteiger partial charge in [-0.05, 0) is 32.0 Å². The van der Waals surface area contributed by atoms with E-state index in [-0.39, 0.29) is 17.3 Å². The van der Waals surface area contributed by atoms with Crippen LogP contribution in [0, 0.1) is 0 Å². The minimum Gasteiger partial charge on any atom is -0.506 e. The molecule has 1 amide bonds. The Bertz CT molecular complexity index is 416. The van der Waals surface area contributed by atoms with Crippen LogP contribution in [0.5, 0.6) is 5.75 Å². The molecule has 0 heterocycles. The fourth-order valence-corrected chi connectivity index (χ4v) is 1.46. The van der Waals surface area contributed by atoms with Crippen LogP contribution in [0.3, 0.4) is 0 Å². The Hall–Kier alpha value is -1.75. The molecule has 5 nitrogen and oxygen atoms in total. The van der Waals surface area contributed by atoms with Crippen molar-refractivity contribution in [2.45, 2.75) is 19.4 Å². The van der Waals surface area contributed by atoms with Gasteiger partial charge in [-0.2, -0.15) is 0 Å². The number of methoxy groups -OCH3 is 1. The van der Waals surface area contributed by atoms with E-state index in [1.54, 1.807) is 13.2 Å². The van der Waals surface area contributed by atoms with Crippen molar-refractivity contribution in [2.75, 3.05) is 19.5 Å². The zero-order valence-corrected chi connectivity index (χ0v) is 10.3. The Balaban J connectivity index is 2.80. The predicted octanol–water partition coefficient (Wildman–Crippen LogP) is 1.13. The van der Waals surface area contributed by atoms with Crippen molar-refractivity contribution >= 4 is 11.6 Å². The third-order valence-electron chi connectivity index (χ3n) is 2.25. The summed E-state index contributed by atoms with van der Waals surface area (Å²) in [5.41, 5.74) is 5.60. The van der Waals surface area contributed by atoms with E-state index in [9.17, 15) is 9.90 Å². The molecule has 0 atom stereocenters. The van der Waals surface area contributed by atoms with E-state index in [0.717, 1.165) is 0 Å². The van der Waals surface area contributed by atoms with Gasteiger partial charge in [0.15, 0.2) is 0 Å². The molecule has 17 heavy (non-hydrogen) atoms. The summed E-state index contributed by atoms with van der Waals surface area (Å²) in [6, 6.07) is 4.40. The molecule has 0 saturated heterocycles. The number of benzene rings is 1. The zero-order chi connectivity index (χ0) is 13.1. The largest absolute Gasteiger partial charge is 0.506 e. The van der Waals surface area contributed by atoms with Crippen molar-refractivity contribution in [3.05, 3.63) is 23.8 Å². The van der Waals surface area contributed by atoms with E-state index in [1.165, 1.54) is 12.1 Å². The summed E-state index contributed by atoms with van der Waals surface area (Å²) < 4.78 is 5.00. The molecule has 94 valence electrons. The molecule has 1 rings (SSSR count). The van der Waals surface area contributed by atoms with E-state index in [2.05, 4.69) is 5.32 Å². The molecular weight excluding hydrogens is 220 g/mol. The first-order valence-corrected chi connectivity index (χ1v) is 5.25. The number of nitrogens with one attached hydrogen (secondary N) is 1. The summed E-state index contributed by atoms with van der Waals surface area (Å²) in [6.07, 6.45) is 0. The summed E-state index contributed by atoms with van der Waals surface area (Å²) in [6.45, 7) is 4.11. The maximum atomic E-state index is 11.9. The van der Waals surface area contributed by atoms with Gasteiger partial charge < -0.3 is 20.9 Å². The van der Waals surface area contributed by atoms with Crippen molar-refractivity contribution in [3.8, 4) is 5.75 Å². The lowest BCUT2D eigenvalue weighted by Gasteiger charge is -2.25. The fraction of sp³-hybridized carbons (Fsp3) is 0.417. The van der Waals surface area contributed by atoms with Gasteiger partial charge in [-0.15, -0.1) is 0 Å². The van der Waals surface area contributed by atoms with Gasteiger partial charge in [-0.1, -0.05) is 0 Å². The molecule has 0 bridgehead atoms. The summed E-state index contributed by atoms with van der Waals surface area (Å²) in [5, 5.41) is 12.2. The van der Waals surface area contributed by atoms with Gasteiger partial charge in [-0.3, -0.25) is 4.79 Å². The lowest BCUT2D eigenvalue weighted by molar-refractivity contribution is 0.0819. The van der Waals surface area contributed by atoms with Crippen molar-refractivity contribution in [1.29, 1.82) is 0 Å². The fourth-order valence-electron chi connectivity index (χ4n) is 1.46. The van der Waals surface area contributed by atoms with Gasteiger partial charge in [0.05, 0.1) is 17.8 Å². The van der Waals surface area contributed by atoms with E-state index < -0.39 is 5.54 Å². The Morgan fingerprint density at radius 2 is 2.18 bits per heavy atom. The minimum absolute atomic E-state index is 0.0952. The number of hydrogen-bond acceptors (Lipinski definition) is 4. The van der Waals surface area contributed by atoms with E-state index in [4.69, 9.17) is 10.5 Å². The average Bonchev–Trinajstić information content (AvgIpc) is 2.21. The molecule has 1 aromatic carbocycles. The van der Waals surface area contributed by atoms with Crippen LogP contribution in [0.4, 0.5) is 5.69 Å². The maximum absolute atomic E-state index is 11.9. The smallest absolute Gasteiger partial charge is 0.251 e. The summed E-state index contributed by atoms with van der Waals surface area (Å²) in [7, 11) is 1.57. The Kier molecular flexibility index (Phi) is 3.96. The number of hydrogen-bond donors (Lipinski definition) is 3. The van der Waals surface area contributed by atoms with Crippen LogP contribution in [0.2, 0.25) is 0 Å². The molecule has 0 aromatic heterocycles. The summed E-state index contributed by atoms with van der Waals surface area (Å²) >= 11 is 0. The molecule has 0 saturated carbocycles. The number of anilines is 1. The number of carbonyl (C=O) groups is 1.